The maximum absolute atomic E-state index is 6.14. The Morgan fingerprint density at radius 3 is 2.14 bits per heavy atom. The van der Waals surface area contributed by atoms with Crippen LogP contribution in [0.25, 0.3) is 21.9 Å². The van der Waals surface area contributed by atoms with Crippen LogP contribution in [0.3, 0.4) is 0 Å². The number of rotatable bonds is 4. The average Bonchev–Trinajstić information content (AvgIpc) is 3.13. The monoisotopic (exact) mass is 415 g/mol. The fraction of sp³-hybridized carbons (Fsp3) is 0.125. The van der Waals surface area contributed by atoms with Gasteiger partial charge in [-0.2, -0.15) is 0 Å². The molecule has 0 fully saturated rings. The normalized spacial score (nSPS) is 11.3. The number of halogens is 1. The van der Waals surface area contributed by atoms with Crippen LogP contribution in [0, 0.1) is 0 Å². The van der Waals surface area contributed by atoms with Gasteiger partial charge in [-0.15, -0.1) is 5.10 Å². The van der Waals surface area contributed by atoms with Gasteiger partial charge in [-0.05, 0) is 35.4 Å². The van der Waals surface area contributed by atoms with Crippen molar-refractivity contribution in [1.82, 2.24) is 15.0 Å². The van der Waals surface area contributed by atoms with E-state index in [-0.39, 0.29) is 0 Å². The van der Waals surface area contributed by atoms with Crippen molar-refractivity contribution in [3.63, 3.8) is 0 Å². The van der Waals surface area contributed by atoms with Crippen molar-refractivity contribution in [3.8, 4) is 0 Å². The van der Waals surface area contributed by atoms with Crippen molar-refractivity contribution in [2.24, 2.45) is 0 Å². The SMILES string of the molecule is C[Si](C)(C)C(=C=C(c1ccccc1)c1ccc(Cl)cc1)n1nnc2ccccc21. The highest BCUT2D eigenvalue weighted by atomic mass is 35.5. The van der Waals surface area contributed by atoms with Crippen molar-refractivity contribution in [3.05, 3.63) is 101 Å². The molecule has 0 bridgehead atoms. The molecule has 0 aliphatic carbocycles. The van der Waals surface area contributed by atoms with E-state index >= 15 is 0 Å². The summed E-state index contributed by atoms with van der Waals surface area (Å²) in [7, 11) is -1.83. The van der Waals surface area contributed by atoms with Crippen LogP contribution >= 0.6 is 11.6 Å². The van der Waals surface area contributed by atoms with E-state index < -0.39 is 8.07 Å². The van der Waals surface area contributed by atoms with Gasteiger partial charge in [0.25, 0.3) is 0 Å². The zero-order valence-corrected chi connectivity index (χ0v) is 18.5. The minimum atomic E-state index is -1.83. The third-order valence-corrected chi connectivity index (χ3v) is 6.72. The van der Waals surface area contributed by atoms with Gasteiger partial charge in [0.1, 0.15) is 13.6 Å². The smallest absolute Gasteiger partial charge is 0.113 e. The van der Waals surface area contributed by atoms with Gasteiger partial charge in [0.05, 0.1) is 10.8 Å². The number of hydrogen-bond donors (Lipinski definition) is 0. The summed E-state index contributed by atoms with van der Waals surface area (Å²) in [6.45, 7) is 6.91. The van der Waals surface area contributed by atoms with Crippen LogP contribution in [0.4, 0.5) is 0 Å². The lowest BCUT2D eigenvalue weighted by molar-refractivity contribution is 0.850. The maximum atomic E-state index is 6.14. The van der Waals surface area contributed by atoms with Crippen LogP contribution in [0.1, 0.15) is 11.1 Å². The first-order valence-electron chi connectivity index (χ1n) is 9.57. The van der Waals surface area contributed by atoms with E-state index in [0.717, 1.165) is 38.1 Å². The summed E-state index contributed by atoms with van der Waals surface area (Å²) < 4.78 is 1.96. The average molecular weight is 416 g/mol. The largest absolute Gasteiger partial charge is 0.214 e. The molecule has 0 saturated heterocycles. The van der Waals surface area contributed by atoms with E-state index in [4.69, 9.17) is 11.6 Å². The van der Waals surface area contributed by atoms with Gasteiger partial charge >= 0.3 is 0 Å². The summed E-state index contributed by atoms with van der Waals surface area (Å²) in [5, 5.41) is 10.7. The lowest BCUT2D eigenvalue weighted by Gasteiger charge is -2.19. The minimum Gasteiger partial charge on any atom is -0.214 e. The lowest BCUT2D eigenvalue weighted by atomic mass is 9.99. The molecule has 5 heteroatoms. The van der Waals surface area contributed by atoms with E-state index in [0.29, 0.717) is 0 Å². The highest BCUT2D eigenvalue weighted by molar-refractivity contribution is 6.92. The van der Waals surface area contributed by atoms with Crippen LogP contribution in [0.5, 0.6) is 0 Å². The fourth-order valence-electron chi connectivity index (χ4n) is 3.24. The molecule has 1 heterocycles. The molecule has 4 aromatic rings. The number of benzene rings is 3. The first kappa shape index (κ1) is 19.4. The predicted octanol–water partition coefficient (Wildman–Crippen LogP) is 6.53. The molecule has 0 saturated carbocycles. The predicted molar refractivity (Wildman–Crippen MR) is 124 cm³/mol. The molecule has 0 atom stereocenters. The number of nitrogens with zero attached hydrogens (tertiary/aromatic N) is 3. The van der Waals surface area contributed by atoms with Gasteiger partial charge in [-0.25, -0.2) is 4.68 Å². The molecule has 4 rings (SSSR count). The van der Waals surface area contributed by atoms with Gasteiger partial charge < -0.3 is 0 Å². The van der Waals surface area contributed by atoms with Gasteiger partial charge in [-0.1, -0.05) is 96.8 Å². The summed E-state index contributed by atoms with van der Waals surface area (Å²) in [6, 6.07) is 26.3. The molecule has 0 N–H and O–H groups in total. The lowest BCUT2D eigenvalue weighted by Crippen LogP contribution is -2.27. The van der Waals surface area contributed by atoms with Gasteiger partial charge in [0, 0.05) is 10.6 Å². The van der Waals surface area contributed by atoms with E-state index in [2.05, 4.69) is 53.9 Å². The molecule has 144 valence electrons. The molecule has 1 aromatic heterocycles. The number of para-hydroxylation sites is 1. The Morgan fingerprint density at radius 2 is 1.45 bits per heavy atom. The molecule has 3 nitrogen and oxygen atoms in total. The molecule has 0 radical (unpaired) electrons. The van der Waals surface area contributed by atoms with E-state index in [1.807, 2.05) is 65.3 Å². The summed E-state index contributed by atoms with van der Waals surface area (Å²) in [4.78, 5) is 0. The third kappa shape index (κ3) is 4.10. The summed E-state index contributed by atoms with van der Waals surface area (Å²) in [5.74, 6) is 0. The second-order valence-electron chi connectivity index (χ2n) is 7.96. The van der Waals surface area contributed by atoms with Crippen LogP contribution < -0.4 is 0 Å². The number of fused-ring (bicyclic) bond motifs is 1. The Morgan fingerprint density at radius 1 is 0.828 bits per heavy atom. The van der Waals surface area contributed by atoms with Gasteiger partial charge in [0.15, 0.2) is 0 Å². The maximum Gasteiger partial charge on any atom is 0.113 e. The molecule has 0 spiro atoms. The molecule has 0 unspecified atom stereocenters. The van der Waals surface area contributed by atoms with E-state index in [1.165, 1.54) is 0 Å². The van der Waals surface area contributed by atoms with Gasteiger partial charge in [0.2, 0.25) is 0 Å². The van der Waals surface area contributed by atoms with Crippen LogP contribution in [-0.2, 0) is 0 Å². The Labute approximate surface area is 177 Å². The van der Waals surface area contributed by atoms with Crippen molar-refractivity contribution in [1.29, 1.82) is 0 Å². The topological polar surface area (TPSA) is 30.7 Å². The van der Waals surface area contributed by atoms with Crippen molar-refractivity contribution in [2.45, 2.75) is 19.6 Å². The highest BCUT2D eigenvalue weighted by Gasteiger charge is 2.25. The molecular formula is C24H22ClN3Si. The minimum absolute atomic E-state index is 0.720. The Bertz CT molecular complexity index is 1210. The number of aromatic nitrogens is 3. The Kier molecular flexibility index (Phi) is 5.25. The molecule has 3 aromatic carbocycles. The second kappa shape index (κ2) is 7.84. The summed E-state index contributed by atoms with van der Waals surface area (Å²) in [6.07, 6.45) is 0. The fourth-order valence-corrected chi connectivity index (χ4v) is 4.67. The zero-order chi connectivity index (χ0) is 20.4. The van der Waals surface area contributed by atoms with Gasteiger partial charge in [-0.3, -0.25) is 0 Å². The van der Waals surface area contributed by atoms with Crippen molar-refractivity contribution < 1.29 is 0 Å². The van der Waals surface area contributed by atoms with Crippen LogP contribution in [0.2, 0.25) is 24.7 Å². The number of hydrogen-bond acceptors (Lipinski definition) is 2. The molecule has 0 aliphatic rings. The zero-order valence-electron chi connectivity index (χ0n) is 16.7. The molecule has 29 heavy (non-hydrogen) atoms. The standard InChI is InChI=1S/C24H22ClN3Si/c1-29(2,3)24(28-23-12-8-7-11-22(23)26-27-28)17-21(18-9-5-4-6-10-18)19-13-15-20(25)16-14-19/h4-16H,1-3H3. The first-order chi connectivity index (χ1) is 13.9. The highest BCUT2D eigenvalue weighted by Crippen LogP contribution is 2.28. The molecule has 0 aliphatic heterocycles. The van der Waals surface area contributed by atoms with Crippen molar-refractivity contribution >= 4 is 41.6 Å². The second-order valence-corrected chi connectivity index (χ2v) is 13.4. The molecular weight excluding hydrogens is 394 g/mol. The molecule has 0 amide bonds. The van der Waals surface area contributed by atoms with Crippen LogP contribution in [0.15, 0.2) is 84.6 Å². The Hall–Kier alpha value is -2.91. The van der Waals surface area contributed by atoms with Crippen molar-refractivity contribution in [2.75, 3.05) is 0 Å². The Balaban J connectivity index is 2.07. The van der Waals surface area contributed by atoms with Crippen LogP contribution in [-0.4, -0.2) is 23.1 Å². The summed E-state index contributed by atoms with van der Waals surface area (Å²) >= 11 is 6.14. The van der Waals surface area contributed by atoms with E-state index in [1.54, 1.807) is 0 Å². The third-order valence-electron chi connectivity index (χ3n) is 4.71. The summed E-state index contributed by atoms with van der Waals surface area (Å²) in [5.41, 5.74) is 8.84. The van der Waals surface area contributed by atoms with E-state index in [9.17, 15) is 0 Å². The first-order valence-corrected chi connectivity index (χ1v) is 13.4. The quantitative estimate of drug-likeness (QED) is 0.280.